The lowest BCUT2D eigenvalue weighted by atomic mass is 9.99. The molecular weight excluding hydrogens is 376 g/mol. The highest BCUT2D eigenvalue weighted by atomic mass is 16.3. The third-order valence-electron chi connectivity index (χ3n) is 5.63. The first-order valence-corrected chi connectivity index (χ1v) is 10.5. The number of aliphatic hydroxyl groups excluding tert-OH is 2. The second-order valence-electron chi connectivity index (χ2n) is 7.78. The van der Waals surface area contributed by atoms with Crippen molar-refractivity contribution in [3.63, 3.8) is 0 Å². The zero-order chi connectivity index (χ0) is 20.8. The molecule has 6 heteroatoms. The van der Waals surface area contributed by atoms with Gasteiger partial charge in [-0.25, -0.2) is 9.97 Å². The topological polar surface area (TPSA) is 81.5 Å². The Morgan fingerprint density at radius 3 is 2.57 bits per heavy atom. The van der Waals surface area contributed by atoms with E-state index in [9.17, 15) is 10.2 Å². The molecular formula is C24H28N4O2. The third-order valence-corrected chi connectivity index (χ3v) is 5.63. The monoisotopic (exact) mass is 404 g/mol. The van der Waals surface area contributed by atoms with Gasteiger partial charge in [0.2, 0.25) is 0 Å². The van der Waals surface area contributed by atoms with Gasteiger partial charge in [-0.15, -0.1) is 0 Å². The Morgan fingerprint density at radius 2 is 1.80 bits per heavy atom. The van der Waals surface area contributed by atoms with Crippen LogP contribution in [0.15, 0.2) is 67.0 Å². The van der Waals surface area contributed by atoms with Crippen LogP contribution in [0.1, 0.15) is 24.5 Å². The van der Waals surface area contributed by atoms with Crippen LogP contribution in [0.5, 0.6) is 0 Å². The maximum Gasteiger partial charge on any atom is 0.134 e. The van der Waals surface area contributed by atoms with Gasteiger partial charge in [0, 0.05) is 32.3 Å². The van der Waals surface area contributed by atoms with Gasteiger partial charge in [0.1, 0.15) is 18.0 Å². The van der Waals surface area contributed by atoms with Crippen molar-refractivity contribution in [2.45, 2.75) is 18.9 Å². The zero-order valence-corrected chi connectivity index (χ0v) is 17.0. The smallest absolute Gasteiger partial charge is 0.134 e. The molecule has 3 aromatic rings. The van der Waals surface area contributed by atoms with Crippen LogP contribution >= 0.6 is 0 Å². The van der Waals surface area contributed by atoms with E-state index < -0.39 is 6.10 Å². The minimum atomic E-state index is -0.637. The second kappa shape index (κ2) is 9.69. The summed E-state index contributed by atoms with van der Waals surface area (Å²) >= 11 is 0. The summed E-state index contributed by atoms with van der Waals surface area (Å²) in [7, 11) is 0. The van der Waals surface area contributed by atoms with Crippen molar-refractivity contribution in [2.75, 3.05) is 36.5 Å². The average molecular weight is 405 g/mol. The fraction of sp³-hybridized carbons (Fsp3) is 0.333. The Labute approximate surface area is 177 Å². The van der Waals surface area contributed by atoms with Crippen LogP contribution in [-0.4, -0.2) is 46.4 Å². The van der Waals surface area contributed by atoms with Crippen molar-refractivity contribution in [3.8, 4) is 11.1 Å². The molecule has 30 heavy (non-hydrogen) atoms. The fourth-order valence-corrected chi connectivity index (χ4v) is 3.89. The van der Waals surface area contributed by atoms with Crippen LogP contribution in [0, 0.1) is 5.92 Å². The SMILES string of the molecule is OCC1CCCN(c2cc(NCC(O)c3ccc(-c4ccccc4)cc3)ncn2)C1. The molecule has 1 fully saturated rings. The lowest BCUT2D eigenvalue weighted by Crippen LogP contribution is -2.37. The van der Waals surface area contributed by atoms with Crippen molar-refractivity contribution in [2.24, 2.45) is 5.92 Å². The predicted octanol–water partition coefficient (Wildman–Crippen LogP) is 3.50. The average Bonchev–Trinajstić information content (AvgIpc) is 2.83. The molecule has 1 aliphatic heterocycles. The highest BCUT2D eigenvalue weighted by Gasteiger charge is 2.20. The molecule has 2 heterocycles. The maximum atomic E-state index is 10.6. The van der Waals surface area contributed by atoms with E-state index in [4.69, 9.17) is 0 Å². The van der Waals surface area contributed by atoms with Crippen LogP contribution in [0.25, 0.3) is 11.1 Å². The Bertz CT molecular complexity index is 933. The molecule has 0 saturated carbocycles. The number of anilines is 2. The molecule has 0 spiro atoms. The number of aromatic nitrogens is 2. The zero-order valence-electron chi connectivity index (χ0n) is 17.0. The summed E-state index contributed by atoms with van der Waals surface area (Å²) in [5, 5.41) is 23.2. The molecule has 1 aromatic heterocycles. The van der Waals surface area contributed by atoms with E-state index in [-0.39, 0.29) is 6.61 Å². The molecule has 2 atom stereocenters. The van der Waals surface area contributed by atoms with E-state index in [1.165, 1.54) is 0 Å². The minimum absolute atomic E-state index is 0.210. The first kappa shape index (κ1) is 20.3. The molecule has 2 unspecified atom stereocenters. The summed E-state index contributed by atoms with van der Waals surface area (Å²) in [5.41, 5.74) is 3.15. The number of hydrogen-bond donors (Lipinski definition) is 3. The van der Waals surface area contributed by atoms with Crippen molar-refractivity contribution < 1.29 is 10.2 Å². The van der Waals surface area contributed by atoms with E-state index in [1.54, 1.807) is 6.33 Å². The number of rotatable bonds is 7. The minimum Gasteiger partial charge on any atom is -0.396 e. The third kappa shape index (κ3) is 4.96. The van der Waals surface area contributed by atoms with Crippen LogP contribution < -0.4 is 10.2 Å². The van der Waals surface area contributed by atoms with Gasteiger partial charge in [0.05, 0.1) is 6.10 Å². The molecule has 0 radical (unpaired) electrons. The quantitative estimate of drug-likeness (QED) is 0.559. The highest BCUT2D eigenvalue weighted by molar-refractivity contribution is 5.63. The normalized spacial score (nSPS) is 17.5. The second-order valence-corrected chi connectivity index (χ2v) is 7.78. The Kier molecular flexibility index (Phi) is 6.57. The summed E-state index contributed by atoms with van der Waals surface area (Å²) in [6.45, 7) is 2.31. The Balaban J connectivity index is 1.36. The number of piperidine rings is 1. The molecule has 4 rings (SSSR count). The van der Waals surface area contributed by atoms with Crippen LogP contribution in [-0.2, 0) is 0 Å². The molecule has 0 amide bonds. The van der Waals surface area contributed by atoms with Crippen molar-refractivity contribution in [1.82, 2.24) is 9.97 Å². The largest absolute Gasteiger partial charge is 0.396 e. The lowest BCUT2D eigenvalue weighted by molar-refractivity contribution is 0.191. The number of nitrogens with one attached hydrogen (secondary N) is 1. The van der Waals surface area contributed by atoms with E-state index in [0.717, 1.165) is 48.4 Å². The first-order chi connectivity index (χ1) is 14.7. The van der Waals surface area contributed by atoms with E-state index in [0.29, 0.717) is 18.3 Å². The molecule has 6 nitrogen and oxygen atoms in total. The summed E-state index contributed by atoms with van der Waals surface area (Å²) in [5.74, 6) is 1.84. The molecule has 0 aliphatic carbocycles. The van der Waals surface area contributed by atoms with Gasteiger partial charge < -0.3 is 20.4 Å². The van der Waals surface area contributed by atoms with E-state index in [2.05, 4.69) is 32.3 Å². The summed E-state index contributed by atoms with van der Waals surface area (Å²) < 4.78 is 0. The highest BCUT2D eigenvalue weighted by Crippen LogP contribution is 2.24. The Morgan fingerprint density at radius 1 is 1.03 bits per heavy atom. The standard InChI is InChI=1S/C24H28N4O2/c29-16-18-5-4-12-28(15-18)24-13-23(26-17-27-24)25-14-22(30)21-10-8-20(9-11-21)19-6-2-1-3-7-19/h1-3,6-11,13,17-18,22,29-30H,4-5,12,14-16H2,(H,25,26,27). The predicted molar refractivity (Wildman–Crippen MR) is 119 cm³/mol. The first-order valence-electron chi connectivity index (χ1n) is 10.5. The van der Waals surface area contributed by atoms with Crippen LogP contribution in [0.4, 0.5) is 11.6 Å². The number of hydrogen-bond acceptors (Lipinski definition) is 6. The van der Waals surface area contributed by atoms with Gasteiger partial charge in [0.25, 0.3) is 0 Å². The summed E-state index contributed by atoms with van der Waals surface area (Å²) in [6.07, 6.45) is 3.01. The molecule has 0 bridgehead atoms. The molecule has 1 saturated heterocycles. The number of benzene rings is 2. The van der Waals surface area contributed by atoms with E-state index in [1.807, 2.05) is 48.5 Å². The van der Waals surface area contributed by atoms with Gasteiger partial charge in [-0.2, -0.15) is 0 Å². The molecule has 3 N–H and O–H groups in total. The fourth-order valence-electron chi connectivity index (χ4n) is 3.89. The molecule has 2 aromatic carbocycles. The van der Waals surface area contributed by atoms with Crippen molar-refractivity contribution in [3.05, 3.63) is 72.6 Å². The molecule has 156 valence electrons. The van der Waals surface area contributed by atoms with Gasteiger partial charge >= 0.3 is 0 Å². The van der Waals surface area contributed by atoms with Gasteiger partial charge in [-0.1, -0.05) is 54.6 Å². The van der Waals surface area contributed by atoms with Gasteiger partial charge in [-0.05, 0) is 35.4 Å². The lowest BCUT2D eigenvalue weighted by Gasteiger charge is -2.32. The van der Waals surface area contributed by atoms with Gasteiger partial charge in [-0.3, -0.25) is 0 Å². The maximum absolute atomic E-state index is 10.6. The summed E-state index contributed by atoms with van der Waals surface area (Å²) in [6, 6.07) is 20.1. The van der Waals surface area contributed by atoms with Crippen LogP contribution in [0.2, 0.25) is 0 Å². The van der Waals surface area contributed by atoms with E-state index >= 15 is 0 Å². The Hall–Kier alpha value is -2.96. The summed E-state index contributed by atoms with van der Waals surface area (Å²) in [4.78, 5) is 10.9. The van der Waals surface area contributed by atoms with Crippen molar-refractivity contribution in [1.29, 1.82) is 0 Å². The molecule has 1 aliphatic rings. The van der Waals surface area contributed by atoms with Crippen molar-refractivity contribution >= 4 is 11.6 Å². The van der Waals surface area contributed by atoms with Crippen LogP contribution in [0.3, 0.4) is 0 Å². The number of nitrogens with zero attached hydrogens (tertiary/aromatic N) is 3. The van der Waals surface area contributed by atoms with Gasteiger partial charge in [0.15, 0.2) is 0 Å². The number of aliphatic hydroxyl groups is 2.